The van der Waals surface area contributed by atoms with Crippen LogP contribution in [0.1, 0.15) is 70.1 Å². The van der Waals surface area contributed by atoms with Crippen LogP contribution in [-0.4, -0.2) is 46.2 Å². The summed E-state index contributed by atoms with van der Waals surface area (Å²) in [5.74, 6) is 0.832. The van der Waals surface area contributed by atoms with Crippen molar-refractivity contribution in [3.63, 3.8) is 0 Å². The number of benzene rings is 1. The Morgan fingerprint density at radius 1 is 1.13 bits per heavy atom. The van der Waals surface area contributed by atoms with Crippen LogP contribution < -0.4 is 10.1 Å². The molecule has 1 saturated heterocycles. The standard InChI is InChI=1S/C26H37NO4/c1-22(2,3)23(4,30)17-12-25-8-7-24(17,14-29)21-26(25)9-10-27-18(25)11-15-5-6-16(13-28)20(31-21)19(15)26/h5-6,17-18,21,27-30H,7-14H2,1-4H3/t17-,18-,21+,23?,24-,25-,26+/m1/s1. The molecule has 2 aliphatic heterocycles. The molecule has 3 saturated carbocycles. The number of piperidine rings is 1. The molecule has 5 heteroatoms. The summed E-state index contributed by atoms with van der Waals surface area (Å²) in [7, 11) is 0. The van der Waals surface area contributed by atoms with Gasteiger partial charge < -0.3 is 25.4 Å². The number of aliphatic hydroxyl groups excluding tert-OH is 2. The van der Waals surface area contributed by atoms with Crippen LogP contribution in [0.25, 0.3) is 0 Å². The van der Waals surface area contributed by atoms with Crippen LogP contribution in [0.2, 0.25) is 0 Å². The average molecular weight is 428 g/mol. The molecule has 6 aliphatic rings. The molecule has 1 aromatic carbocycles. The Balaban J connectivity index is 1.64. The highest BCUT2D eigenvalue weighted by Crippen LogP contribution is 2.78. The minimum Gasteiger partial charge on any atom is -0.488 e. The third-order valence-corrected chi connectivity index (χ3v) is 10.8. The van der Waals surface area contributed by atoms with Gasteiger partial charge >= 0.3 is 0 Å². The van der Waals surface area contributed by atoms with Crippen molar-refractivity contribution < 1.29 is 20.1 Å². The van der Waals surface area contributed by atoms with Gasteiger partial charge in [-0.25, -0.2) is 0 Å². The summed E-state index contributed by atoms with van der Waals surface area (Å²) in [6.07, 6.45) is 4.67. The van der Waals surface area contributed by atoms with Gasteiger partial charge in [0.15, 0.2) is 0 Å². The van der Waals surface area contributed by atoms with Crippen LogP contribution in [0.3, 0.4) is 0 Å². The van der Waals surface area contributed by atoms with E-state index in [1.807, 2.05) is 13.0 Å². The van der Waals surface area contributed by atoms with E-state index in [-0.39, 0.29) is 41.5 Å². The van der Waals surface area contributed by atoms with Crippen molar-refractivity contribution in [2.45, 2.75) is 89.6 Å². The second kappa shape index (κ2) is 5.85. The summed E-state index contributed by atoms with van der Waals surface area (Å²) < 4.78 is 6.90. The molecule has 5 nitrogen and oxygen atoms in total. The first kappa shape index (κ1) is 20.5. The van der Waals surface area contributed by atoms with Gasteiger partial charge in [-0.1, -0.05) is 32.9 Å². The normalized spacial score (nSPS) is 43.9. The minimum absolute atomic E-state index is 0.0130. The Kier molecular flexibility index (Phi) is 3.86. The lowest BCUT2D eigenvalue weighted by Gasteiger charge is -2.74. The predicted molar refractivity (Wildman–Crippen MR) is 118 cm³/mol. The van der Waals surface area contributed by atoms with E-state index >= 15 is 0 Å². The van der Waals surface area contributed by atoms with Crippen LogP contribution in [0.15, 0.2) is 12.1 Å². The van der Waals surface area contributed by atoms with Gasteiger partial charge in [0.2, 0.25) is 0 Å². The molecule has 0 radical (unpaired) electrons. The molecule has 4 bridgehead atoms. The van der Waals surface area contributed by atoms with Gasteiger partial charge in [0.1, 0.15) is 11.9 Å². The second-order valence-corrected chi connectivity index (χ2v) is 12.4. The van der Waals surface area contributed by atoms with Gasteiger partial charge in [-0.2, -0.15) is 0 Å². The maximum atomic E-state index is 12.0. The van der Waals surface area contributed by atoms with Gasteiger partial charge in [-0.15, -0.1) is 0 Å². The average Bonchev–Trinajstić information content (AvgIpc) is 3.09. The van der Waals surface area contributed by atoms with Crippen molar-refractivity contribution in [1.82, 2.24) is 5.32 Å². The highest BCUT2D eigenvalue weighted by molar-refractivity contribution is 5.61. The quantitative estimate of drug-likeness (QED) is 0.596. The van der Waals surface area contributed by atoms with Crippen LogP contribution in [0.5, 0.6) is 5.75 Å². The number of fused-ring (bicyclic) bond motifs is 2. The molecule has 170 valence electrons. The van der Waals surface area contributed by atoms with Crippen LogP contribution in [0.4, 0.5) is 0 Å². The van der Waals surface area contributed by atoms with E-state index in [0.29, 0.717) is 6.04 Å². The molecule has 1 unspecified atom stereocenters. The molecule has 4 N–H and O–H groups in total. The van der Waals surface area contributed by atoms with E-state index in [9.17, 15) is 15.3 Å². The molecule has 4 fully saturated rings. The zero-order valence-electron chi connectivity index (χ0n) is 19.3. The van der Waals surface area contributed by atoms with Crippen molar-refractivity contribution in [2.75, 3.05) is 13.2 Å². The number of aliphatic hydroxyl groups is 3. The first-order chi connectivity index (χ1) is 14.6. The van der Waals surface area contributed by atoms with Gasteiger partial charge in [0, 0.05) is 28.0 Å². The summed E-state index contributed by atoms with van der Waals surface area (Å²) in [5, 5.41) is 37.0. The summed E-state index contributed by atoms with van der Waals surface area (Å²) in [4.78, 5) is 0. The zero-order chi connectivity index (χ0) is 22.0. The zero-order valence-corrected chi connectivity index (χ0v) is 19.3. The summed E-state index contributed by atoms with van der Waals surface area (Å²) in [5.41, 5.74) is 1.68. The predicted octanol–water partition coefficient (Wildman–Crippen LogP) is 2.67. The first-order valence-corrected chi connectivity index (χ1v) is 12.1. The fourth-order valence-corrected chi connectivity index (χ4v) is 8.88. The van der Waals surface area contributed by atoms with Crippen molar-refractivity contribution in [1.29, 1.82) is 0 Å². The fourth-order valence-electron chi connectivity index (χ4n) is 8.88. The molecule has 7 atom stereocenters. The van der Waals surface area contributed by atoms with Crippen molar-refractivity contribution >= 4 is 0 Å². The topological polar surface area (TPSA) is 82.0 Å². The third kappa shape index (κ3) is 2.01. The van der Waals surface area contributed by atoms with Crippen molar-refractivity contribution in [3.8, 4) is 5.75 Å². The lowest BCUT2D eigenvalue weighted by molar-refractivity contribution is -0.277. The van der Waals surface area contributed by atoms with Gasteiger partial charge in [-0.05, 0) is 67.9 Å². The van der Waals surface area contributed by atoms with E-state index in [0.717, 1.165) is 50.0 Å². The van der Waals surface area contributed by atoms with Gasteiger partial charge in [-0.3, -0.25) is 0 Å². The number of hydrogen-bond acceptors (Lipinski definition) is 5. The maximum absolute atomic E-state index is 12.0. The molecule has 0 amide bonds. The molecule has 7 rings (SSSR count). The SMILES string of the molecule is CC(C)(C)C(C)(O)[C@H]1C[C@@]23CC[C@]1(CO)[C@@H]1Oc4c(CO)ccc5c4[C@@]12CCN[C@@H]3C5. The molecule has 2 heterocycles. The van der Waals surface area contributed by atoms with Gasteiger partial charge in [0.05, 0.1) is 18.8 Å². The first-order valence-electron chi connectivity index (χ1n) is 12.1. The Morgan fingerprint density at radius 2 is 1.90 bits per heavy atom. The fraction of sp³-hybridized carbons (Fsp3) is 0.769. The van der Waals surface area contributed by atoms with E-state index in [1.165, 1.54) is 11.1 Å². The van der Waals surface area contributed by atoms with Crippen molar-refractivity contribution in [3.05, 3.63) is 28.8 Å². The van der Waals surface area contributed by atoms with E-state index < -0.39 is 11.0 Å². The molecule has 4 aliphatic carbocycles. The largest absolute Gasteiger partial charge is 0.488 e. The summed E-state index contributed by atoms with van der Waals surface area (Å²) >= 11 is 0. The number of ether oxygens (including phenoxy) is 1. The highest BCUT2D eigenvalue weighted by atomic mass is 16.5. The molecule has 2 spiro atoms. The van der Waals surface area contributed by atoms with E-state index in [4.69, 9.17) is 4.74 Å². The third-order valence-electron chi connectivity index (χ3n) is 10.8. The number of hydrogen-bond donors (Lipinski definition) is 4. The van der Waals surface area contributed by atoms with E-state index in [1.54, 1.807) is 0 Å². The Morgan fingerprint density at radius 3 is 2.58 bits per heavy atom. The van der Waals surface area contributed by atoms with Crippen LogP contribution in [0, 0.1) is 22.2 Å². The lowest BCUT2D eigenvalue weighted by atomic mass is 9.31. The highest BCUT2D eigenvalue weighted by Gasteiger charge is 2.80. The molecule has 31 heavy (non-hydrogen) atoms. The monoisotopic (exact) mass is 427 g/mol. The van der Waals surface area contributed by atoms with E-state index in [2.05, 4.69) is 32.2 Å². The van der Waals surface area contributed by atoms with Crippen molar-refractivity contribution in [2.24, 2.45) is 22.2 Å². The number of rotatable bonds is 3. The summed E-state index contributed by atoms with van der Waals surface area (Å²) in [6, 6.07) is 4.58. The molecule has 1 aromatic rings. The van der Waals surface area contributed by atoms with Gasteiger partial charge in [0.25, 0.3) is 0 Å². The second-order valence-electron chi connectivity index (χ2n) is 12.4. The Labute approximate surface area is 185 Å². The van der Waals surface area contributed by atoms with Crippen LogP contribution in [-0.2, 0) is 18.4 Å². The maximum Gasteiger partial charge on any atom is 0.129 e. The Bertz CT molecular complexity index is 951. The summed E-state index contributed by atoms with van der Waals surface area (Å²) in [6.45, 7) is 9.27. The molecular weight excluding hydrogens is 390 g/mol. The minimum atomic E-state index is -0.933. The molecular formula is C26H37NO4. The lowest BCUT2D eigenvalue weighted by Crippen LogP contribution is -2.81. The number of nitrogens with one attached hydrogen (secondary N) is 1. The Hall–Kier alpha value is -1.14. The van der Waals surface area contributed by atoms with Crippen LogP contribution >= 0.6 is 0 Å². The smallest absolute Gasteiger partial charge is 0.129 e. The molecule has 0 aromatic heterocycles.